The maximum Gasteiger partial charge on any atom is 0.435 e. The fourth-order valence-corrected chi connectivity index (χ4v) is 4.13. The third kappa shape index (κ3) is 6.67. The van der Waals surface area contributed by atoms with Gasteiger partial charge in [0.25, 0.3) is 5.91 Å². The van der Waals surface area contributed by atoms with Crippen molar-refractivity contribution < 1.29 is 32.5 Å². The topological polar surface area (TPSA) is 109 Å². The second kappa shape index (κ2) is 12.6. The lowest BCUT2D eigenvalue weighted by molar-refractivity contribution is -0.141. The quantitative estimate of drug-likeness (QED) is 0.219. The zero-order valence-electron chi connectivity index (χ0n) is 22.3. The molecule has 11 heteroatoms. The second-order valence-electron chi connectivity index (χ2n) is 9.05. The number of nitrogens with one attached hydrogen (secondary N) is 1. The molecule has 212 valence electrons. The Labute approximate surface area is 234 Å². The van der Waals surface area contributed by atoms with Crippen LogP contribution in [-0.2, 0) is 6.18 Å². The Hall–Kier alpha value is -4.82. The number of hydrogen-bond acceptors (Lipinski definition) is 6. The first-order chi connectivity index (χ1) is 19.7. The lowest BCUT2D eigenvalue weighted by atomic mass is 9.99. The third-order valence-corrected chi connectivity index (χ3v) is 6.18. The number of unbranched alkanes of at least 4 members (excludes halogenated alkanes) is 1. The number of methoxy groups -OCH3 is 1. The summed E-state index contributed by atoms with van der Waals surface area (Å²) < 4.78 is 52.7. The first-order valence-corrected chi connectivity index (χ1v) is 12.7. The summed E-state index contributed by atoms with van der Waals surface area (Å²) in [6.07, 6.45) is -4.23. The number of alkyl halides is 3. The molecule has 4 aromatic rings. The SMILES string of the molecule is CCCCOc1c(OC)cccc1C(O)c1cccc(NC(=O)c2cc(C(F)(F)F)nn2-c2cccc(C#N)c2)c1. The second-order valence-corrected chi connectivity index (χ2v) is 9.05. The van der Waals surface area contributed by atoms with E-state index in [9.17, 15) is 28.3 Å². The van der Waals surface area contributed by atoms with Crippen LogP contribution in [0.2, 0.25) is 0 Å². The van der Waals surface area contributed by atoms with Gasteiger partial charge in [-0.05, 0) is 48.4 Å². The minimum atomic E-state index is -4.80. The number of hydrogen-bond donors (Lipinski definition) is 2. The standard InChI is InChI=1S/C30H27F3N4O4/c1-3-4-14-41-28-23(12-7-13-25(28)40-2)27(38)20-9-6-10-21(16-20)35-29(39)24-17-26(30(31,32)33)36-37(24)22-11-5-8-19(15-22)18-34/h5-13,15-17,27,38H,3-4,14H2,1-2H3,(H,35,39). The molecule has 0 radical (unpaired) electrons. The predicted molar refractivity (Wildman–Crippen MR) is 145 cm³/mol. The molecule has 0 aliphatic rings. The molecule has 2 N–H and O–H groups in total. The van der Waals surface area contributed by atoms with Gasteiger partial charge in [0.15, 0.2) is 17.2 Å². The normalized spacial score (nSPS) is 11.9. The van der Waals surface area contributed by atoms with Crippen molar-refractivity contribution in [2.45, 2.75) is 32.0 Å². The number of ether oxygens (including phenoxy) is 2. The molecule has 8 nitrogen and oxygen atoms in total. The van der Waals surface area contributed by atoms with Gasteiger partial charge in [0.2, 0.25) is 0 Å². The van der Waals surface area contributed by atoms with Crippen molar-refractivity contribution >= 4 is 11.6 Å². The van der Waals surface area contributed by atoms with Gasteiger partial charge in [0, 0.05) is 17.3 Å². The lowest BCUT2D eigenvalue weighted by Crippen LogP contribution is -2.17. The molecule has 1 amide bonds. The van der Waals surface area contributed by atoms with Gasteiger partial charge in [-0.1, -0.05) is 43.7 Å². The van der Waals surface area contributed by atoms with Crippen molar-refractivity contribution in [2.24, 2.45) is 0 Å². The molecule has 0 saturated heterocycles. The van der Waals surface area contributed by atoms with Crippen LogP contribution in [0.15, 0.2) is 72.8 Å². The smallest absolute Gasteiger partial charge is 0.435 e. The van der Waals surface area contributed by atoms with E-state index in [1.54, 1.807) is 36.4 Å². The highest BCUT2D eigenvalue weighted by molar-refractivity contribution is 6.03. The number of aliphatic hydroxyl groups is 1. The van der Waals surface area contributed by atoms with Gasteiger partial charge in [0.05, 0.1) is 31.0 Å². The van der Waals surface area contributed by atoms with Crippen LogP contribution in [0, 0.1) is 11.3 Å². The van der Waals surface area contributed by atoms with E-state index in [0.717, 1.165) is 17.5 Å². The van der Waals surface area contributed by atoms with E-state index < -0.39 is 29.6 Å². The maximum atomic E-state index is 13.5. The van der Waals surface area contributed by atoms with Crippen LogP contribution in [0.3, 0.4) is 0 Å². The first-order valence-electron chi connectivity index (χ1n) is 12.7. The van der Waals surface area contributed by atoms with E-state index in [-0.39, 0.29) is 16.9 Å². The molecule has 1 heterocycles. The molecule has 0 bridgehead atoms. The Morgan fingerprint density at radius 1 is 1.12 bits per heavy atom. The summed E-state index contributed by atoms with van der Waals surface area (Å²) in [5.41, 5.74) is -0.259. The molecular weight excluding hydrogens is 537 g/mol. The number of para-hydroxylation sites is 1. The highest BCUT2D eigenvalue weighted by Crippen LogP contribution is 2.38. The van der Waals surface area contributed by atoms with Crippen LogP contribution < -0.4 is 14.8 Å². The Morgan fingerprint density at radius 3 is 2.59 bits per heavy atom. The molecular formula is C30H27F3N4O4. The molecule has 0 saturated carbocycles. The molecule has 0 aliphatic heterocycles. The first kappa shape index (κ1) is 29.2. The number of rotatable bonds is 10. The third-order valence-electron chi connectivity index (χ3n) is 6.18. The summed E-state index contributed by atoms with van der Waals surface area (Å²) in [6, 6.07) is 19.7. The Morgan fingerprint density at radius 2 is 1.88 bits per heavy atom. The van der Waals surface area contributed by atoms with Gasteiger partial charge < -0.3 is 19.9 Å². The van der Waals surface area contributed by atoms with Crippen molar-refractivity contribution in [1.29, 1.82) is 5.26 Å². The number of halogens is 3. The van der Waals surface area contributed by atoms with Crippen molar-refractivity contribution in [2.75, 3.05) is 19.0 Å². The fourth-order valence-electron chi connectivity index (χ4n) is 4.13. The van der Waals surface area contributed by atoms with E-state index >= 15 is 0 Å². The number of aliphatic hydroxyl groups excluding tert-OH is 1. The average Bonchev–Trinajstić information content (AvgIpc) is 3.44. The highest BCUT2D eigenvalue weighted by Gasteiger charge is 2.36. The largest absolute Gasteiger partial charge is 0.493 e. The van der Waals surface area contributed by atoms with Crippen LogP contribution in [0.4, 0.5) is 18.9 Å². The maximum absolute atomic E-state index is 13.5. The zero-order valence-corrected chi connectivity index (χ0v) is 22.3. The average molecular weight is 565 g/mol. The predicted octanol–water partition coefficient (Wildman–Crippen LogP) is 6.28. The number of nitrogens with zero attached hydrogens (tertiary/aromatic N) is 3. The zero-order chi connectivity index (χ0) is 29.6. The van der Waals surface area contributed by atoms with E-state index in [0.29, 0.717) is 35.3 Å². The molecule has 1 aromatic heterocycles. The van der Waals surface area contributed by atoms with Gasteiger partial charge in [-0.2, -0.15) is 23.5 Å². The van der Waals surface area contributed by atoms with Gasteiger partial charge >= 0.3 is 6.18 Å². The van der Waals surface area contributed by atoms with Gasteiger partial charge in [0.1, 0.15) is 11.8 Å². The van der Waals surface area contributed by atoms with Gasteiger partial charge in [-0.15, -0.1) is 0 Å². The summed E-state index contributed by atoms with van der Waals surface area (Å²) in [5, 5.41) is 26.6. The molecule has 0 fully saturated rings. The molecule has 1 atom stereocenters. The Balaban J connectivity index is 1.65. The summed E-state index contributed by atoms with van der Waals surface area (Å²) in [6.45, 7) is 2.46. The molecule has 3 aromatic carbocycles. The Bertz CT molecular complexity index is 1580. The van der Waals surface area contributed by atoms with E-state index in [1.807, 2.05) is 13.0 Å². The Kier molecular flexibility index (Phi) is 8.94. The van der Waals surface area contributed by atoms with Crippen molar-refractivity contribution in [1.82, 2.24) is 9.78 Å². The van der Waals surface area contributed by atoms with E-state index in [4.69, 9.17) is 9.47 Å². The number of aromatic nitrogens is 2. The van der Waals surface area contributed by atoms with Crippen molar-refractivity contribution in [3.8, 4) is 23.3 Å². The highest BCUT2D eigenvalue weighted by atomic mass is 19.4. The minimum Gasteiger partial charge on any atom is -0.493 e. The number of carbonyl (C=O) groups excluding carboxylic acids is 1. The monoisotopic (exact) mass is 564 g/mol. The van der Waals surface area contributed by atoms with Gasteiger partial charge in [-0.3, -0.25) is 4.79 Å². The molecule has 41 heavy (non-hydrogen) atoms. The molecule has 0 aliphatic carbocycles. The van der Waals surface area contributed by atoms with Crippen LogP contribution in [-0.4, -0.2) is 34.5 Å². The van der Waals surface area contributed by atoms with Crippen molar-refractivity contribution in [3.63, 3.8) is 0 Å². The summed E-state index contributed by atoms with van der Waals surface area (Å²) in [5.74, 6) is -0.0168. The summed E-state index contributed by atoms with van der Waals surface area (Å²) in [7, 11) is 1.50. The molecule has 1 unspecified atom stereocenters. The van der Waals surface area contributed by atoms with Crippen LogP contribution >= 0.6 is 0 Å². The lowest BCUT2D eigenvalue weighted by Gasteiger charge is -2.19. The van der Waals surface area contributed by atoms with Crippen LogP contribution in [0.5, 0.6) is 11.5 Å². The number of anilines is 1. The van der Waals surface area contributed by atoms with E-state index in [2.05, 4.69) is 10.4 Å². The molecule has 0 spiro atoms. The van der Waals surface area contributed by atoms with E-state index in [1.165, 1.54) is 37.4 Å². The van der Waals surface area contributed by atoms with Gasteiger partial charge in [-0.25, -0.2) is 4.68 Å². The van der Waals surface area contributed by atoms with Crippen molar-refractivity contribution in [3.05, 3.63) is 101 Å². The number of nitriles is 1. The molecule has 4 rings (SSSR count). The summed E-state index contributed by atoms with van der Waals surface area (Å²) in [4.78, 5) is 13.2. The number of amides is 1. The number of carbonyl (C=O) groups is 1. The van der Waals surface area contributed by atoms with Crippen LogP contribution in [0.1, 0.15) is 58.7 Å². The fraction of sp³-hybridized carbons (Fsp3) is 0.233. The minimum absolute atomic E-state index is 0.113. The number of benzene rings is 3. The summed E-state index contributed by atoms with van der Waals surface area (Å²) >= 11 is 0. The van der Waals surface area contributed by atoms with Crippen LogP contribution in [0.25, 0.3) is 5.69 Å².